The molecule has 0 aliphatic carbocycles. The number of carbonyl (C=O) groups is 2. The quantitative estimate of drug-likeness (QED) is 0.423. The minimum atomic E-state index is -0.511. The van der Waals surface area contributed by atoms with Crippen LogP contribution >= 0.6 is 0 Å². The number of para-hydroxylation sites is 1. The van der Waals surface area contributed by atoms with Crippen LogP contribution in [0.25, 0.3) is 5.65 Å². The zero-order valence-corrected chi connectivity index (χ0v) is 20.3. The van der Waals surface area contributed by atoms with Gasteiger partial charge in [0.15, 0.2) is 6.10 Å². The van der Waals surface area contributed by atoms with Gasteiger partial charge in [0.2, 0.25) is 0 Å². The van der Waals surface area contributed by atoms with Gasteiger partial charge in [-0.3, -0.25) is 9.59 Å². The van der Waals surface area contributed by atoms with Gasteiger partial charge in [-0.1, -0.05) is 30.3 Å². The molecule has 0 radical (unpaired) electrons. The Bertz CT molecular complexity index is 1330. The number of amides is 2. The first kappa shape index (κ1) is 23.6. The fraction of sp³-hybridized carbons (Fsp3) is 0.276. The maximum atomic E-state index is 12.8. The summed E-state index contributed by atoms with van der Waals surface area (Å²) in [5.41, 5.74) is 3.71. The maximum Gasteiger partial charge on any atom is 0.263 e. The van der Waals surface area contributed by atoms with E-state index >= 15 is 0 Å². The molecule has 2 amide bonds. The fourth-order valence-corrected chi connectivity index (χ4v) is 4.70. The van der Waals surface area contributed by atoms with Crippen molar-refractivity contribution in [3.8, 4) is 5.75 Å². The average molecular weight is 483 g/mol. The summed E-state index contributed by atoms with van der Waals surface area (Å²) in [6.45, 7) is 3.66. The number of pyridine rings is 1. The Kier molecular flexibility index (Phi) is 6.98. The van der Waals surface area contributed by atoms with Crippen LogP contribution in [-0.4, -0.2) is 45.3 Å². The Hall–Kier alpha value is -4.13. The molecule has 5 rings (SSSR count). The summed E-state index contributed by atoms with van der Waals surface area (Å²) < 4.78 is 7.74. The summed E-state index contributed by atoms with van der Waals surface area (Å²) >= 11 is 0. The molecule has 36 heavy (non-hydrogen) atoms. The fourth-order valence-electron chi connectivity index (χ4n) is 4.70. The van der Waals surface area contributed by atoms with E-state index in [0.717, 1.165) is 24.1 Å². The predicted molar refractivity (Wildman–Crippen MR) is 138 cm³/mol. The Balaban J connectivity index is 1.11. The van der Waals surface area contributed by atoms with Crippen LogP contribution in [0.3, 0.4) is 0 Å². The van der Waals surface area contributed by atoms with E-state index in [1.807, 2.05) is 88.4 Å². The molecule has 1 aliphatic heterocycles. The van der Waals surface area contributed by atoms with E-state index in [2.05, 4.69) is 10.3 Å². The van der Waals surface area contributed by atoms with Gasteiger partial charge >= 0.3 is 0 Å². The second-order valence-corrected chi connectivity index (χ2v) is 9.21. The van der Waals surface area contributed by atoms with E-state index in [0.29, 0.717) is 36.9 Å². The first-order valence-electron chi connectivity index (χ1n) is 12.4. The van der Waals surface area contributed by atoms with E-state index < -0.39 is 6.10 Å². The summed E-state index contributed by atoms with van der Waals surface area (Å²) in [6, 6.07) is 21.2. The van der Waals surface area contributed by atoms with Crippen molar-refractivity contribution in [3.63, 3.8) is 0 Å². The number of hydrogen-bond donors (Lipinski definition) is 1. The van der Waals surface area contributed by atoms with Gasteiger partial charge in [0.25, 0.3) is 11.8 Å². The number of imidazole rings is 1. The molecule has 1 N–H and O–H groups in total. The lowest BCUT2D eigenvalue weighted by Crippen LogP contribution is -2.44. The number of carbonyl (C=O) groups excluding carboxylic acids is 2. The van der Waals surface area contributed by atoms with Gasteiger partial charge in [-0.2, -0.15) is 0 Å². The number of likely N-dealkylation sites (tertiary alicyclic amines) is 1. The van der Waals surface area contributed by atoms with E-state index in [4.69, 9.17) is 4.74 Å². The number of benzene rings is 2. The highest BCUT2D eigenvalue weighted by Gasteiger charge is 2.27. The van der Waals surface area contributed by atoms with Gasteiger partial charge < -0.3 is 19.4 Å². The molecular formula is C29H30N4O3. The van der Waals surface area contributed by atoms with Crippen LogP contribution in [0.1, 0.15) is 47.2 Å². The third-order valence-electron chi connectivity index (χ3n) is 6.77. The summed E-state index contributed by atoms with van der Waals surface area (Å²) in [6.07, 6.45) is 6.86. The molecule has 2 aromatic heterocycles. The monoisotopic (exact) mass is 482 g/mol. The number of hydrogen-bond acceptors (Lipinski definition) is 4. The molecule has 1 aliphatic rings. The molecule has 1 atom stereocenters. The lowest BCUT2D eigenvalue weighted by molar-refractivity contribution is -0.139. The van der Waals surface area contributed by atoms with Crippen LogP contribution < -0.4 is 10.1 Å². The molecule has 0 saturated carbocycles. The number of fused-ring (bicyclic) bond motifs is 1. The van der Waals surface area contributed by atoms with Crippen LogP contribution in [0.2, 0.25) is 0 Å². The largest absolute Gasteiger partial charge is 0.481 e. The van der Waals surface area contributed by atoms with Crippen LogP contribution in [0.4, 0.5) is 0 Å². The summed E-state index contributed by atoms with van der Waals surface area (Å²) in [7, 11) is 0. The van der Waals surface area contributed by atoms with Gasteiger partial charge in [0.05, 0.1) is 0 Å². The summed E-state index contributed by atoms with van der Waals surface area (Å²) in [4.78, 5) is 31.7. The molecule has 7 nitrogen and oxygen atoms in total. The van der Waals surface area contributed by atoms with Crippen molar-refractivity contribution < 1.29 is 14.3 Å². The lowest BCUT2D eigenvalue weighted by Gasteiger charge is -2.33. The molecule has 4 aromatic rings. The first-order valence-corrected chi connectivity index (χ1v) is 12.4. The molecular weight excluding hydrogens is 452 g/mol. The second-order valence-electron chi connectivity index (χ2n) is 9.21. The topological polar surface area (TPSA) is 75.9 Å². The number of rotatable bonds is 7. The van der Waals surface area contributed by atoms with E-state index in [1.54, 1.807) is 13.1 Å². The Morgan fingerprint density at radius 3 is 2.53 bits per heavy atom. The summed E-state index contributed by atoms with van der Waals surface area (Å²) in [5.74, 6) is 1.00. The molecule has 0 spiro atoms. The molecule has 1 fully saturated rings. The minimum Gasteiger partial charge on any atom is -0.481 e. The highest BCUT2D eigenvalue weighted by Crippen LogP contribution is 2.29. The highest BCUT2D eigenvalue weighted by atomic mass is 16.5. The van der Waals surface area contributed by atoms with Crippen molar-refractivity contribution >= 4 is 17.5 Å². The molecule has 184 valence electrons. The van der Waals surface area contributed by atoms with Crippen molar-refractivity contribution in [1.82, 2.24) is 19.6 Å². The second kappa shape index (κ2) is 10.6. The number of aromatic nitrogens is 2. The number of piperidine rings is 1. The number of nitrogens with one attached hydrogen (secondary N) is 1. The van der Waals surface area contributed by atoms with Gasteiger partial charge in [-0.15, -0.1) is 0 Å². The molecule has 1 unspecified atom stereocenters. The first-order chi connectivity index (χ1) is 17.6. The zero-order chi connectivity index (χ0) is 24.9. The molecule has 0 bridgehead atoms. The van der Waals surface area contributed by atoms with Gasteiger partial charge in [0.1, 0.15) is 11.4 Å². The zero-order valence-electron chi connectivity index (χ0n) is 20.3. The van der Waals surface area contributed by atoms with Crippen molar-refractivity contribution in [2.45, 2.75) is 38.3 Å². The van der Waals surface area contributed by atoms with Crippen LogP contribution in [0.5, 0.6) is 5.75 Å². The van der Waals surface area contributed by atoms with Crippen LogP contribution in [-0.2, 0) is 11.3 Å². The molecule has 2 aromatic carbocycles. The smallest absolute Gasteiger partial charge is 0.263 e. The van der Waals surface area contributed by atoms with Crippen LogP contribution in [0, 0.1) is 0 Å². The molecule has 1 saturated heterocycles. The maximum absolute atomic E-state index is 12.8. The highest BCUT2D eigenvalue weighted by molar-refractivity contribution is 5.94. The van der Waals surface area contributed by atoms with Crippen molar-refractivity contribution in [2.24, 2.45) is 0 Å². The van der Waals surface area contributed by atoms with Crippen molar-refractivity contribution in [1.29, 1.82) is 0 Å². The summed E-state index contributed by atoms with van der Waals surface area (Å²) in [5, 5.41) is 2.99. The SMILES string of the molecule is CC(Oc1ccccc1)C(=O)N1CCC(c2ccc(C(=O)NCc3ccn4ccnc4c3)cc2)CC1. The molecule has 7 heteroatoms. The molecule has 3 heterocycles. The van der Waals surface area contributed by atoms with E-state index in [-0.39, 0.29) is 11.8 Å². The third-order valence-corrected chi connectivity index (χ3v) is 6.77. The predicted octanol–water partition coefficient (Wildman–Crippen LogP) is 4.44. The van der Waals surface area contributed by atoms with Gasteiger partial charge in [-0.25, -0.2) is 4.98 Å². The van der Waals surface area contributed by atoms with E-state index in [9.17, 15) is 9.59 Å². The van der Waals surface area contributed by atoms with Gasteiger partial charge in [-0.05, 0) is 73.2 Å². The lowest BCUT2D eigenvalue weighted by atomic mass is 9.89. The Morgan fingerprint density at radius 1 is 1.03 bits per heavy atom. The number of ether oxygens (including phenoxy) is 1. The van der Waals surface area contributed by atoms with Crippen molar-refractivity contribution in [2.75, 3.05) is 13.1 Å². The van der Waals surface area contributed by atoms with E-state index in [1.165, 1.54) is 5.56 Å². The Morgan fingerprint density at radius 2 is 1.78 bits per heavy atom. The minimum absolute atomic E-state index is 0.0243. The normalized spacial score (nSPS) is 15.0. The third kappa shape index (κ3) is 5.40. The number of nitrogens with zero attached hydrogens (tertiary/aromatic N) is 3. The standard InChI is InChI=1S/C29H30N4O3/c1-21(36-26-5-3-2-4-6-26)29(35)33-16-12-24(13-17-33)23-7-9-25(10-8-23)28(34)31-20-22-11-15-32-18-14-30-27(32)19-22/h2-11,14-15,18-19,21,24H,12-13,16-17,20H2,1H3,(H,31,34). The van der Waals surface area contributed by atoms with Crippen molar-refractivity contribution in [3.05, 3.63) is 102 Å². The van der Waals surface area contributed by atoms with Gasteiger partial charge in [0, 0.05) is 43.8 Å². The average Bonchev–Trinajstić information content (AvgIpc) is 3.40. The van der Waals surface area contributed by atoms with Crippen LogP contribution in [0.15, 0.2) is 85.3 Å². The Labute approximate surface area is 210 Å².